The molecule has 18 heteroatoms. The van der Waals surface area contributed by atoms with Gasteiger partial charge in [0.05, 0.1) is 12.8 Å². The fraction of sp³-hybridized carbons (Fsp3) is 0.667. The number of hydrogen-bond donors (Lipinski definition) is 2. The van der Waals surface area contributed by atoms with Crippen LogP contribution in [0, 0.1) is 0 Å². The van der Waals surface area contributed by atoms with E-state index in [9.17, 15) is 45.6 Å². The zero-order valence-corrected chi connectivity index (χ0v) is 19.9. The molecule has 0 aromatic heterocycles. The van der Waals surface area contributed by atoms with Gasteiger partial charge in [-0.05, 0) is 12.8 Å². The maximum Gasteiger partial charge on any atom is 0.333 e. The van der Waals surface area contributed by atoms with E-state index in [1.165, 1.54) is 0 Å². The summed E-state index contributed by atoms with van der Waals surface area (Å²) < 4.78 is 93.5. The molecule has 202 valence electrons. The largest absolute Gasteiger partial charge is 0.333 e. The van der Waals surface area contributed by atoms with Crippen molar-refractivity contribution in [2.75, 3.05) is 0 Å². The lowest BCUT2D eigenvalue weighted by molar-refractivity contribution is -0.197. The van der Waals surface area contributed by atoms with E-state index in [4.69, 9.17) is 14.6 Å². The summed E-state index contributed by atoms with van der Waals surface area (Å²) in [5, 5.41) is -4.82. The number of carbonyl (C=O) groups excluding carboxylic acids is 6. The molecule has 2 aliphatic heterocycles. The summed E-state index contributed by atoms with van der Waals surface area (Å²) in [6, 6.07) is 0. The van der Waals surface area contributed by atoms with Gasteiger partial charge in [0, 0.05) is 18.2 Å². The summed E-state index contributed by atoms with van der Waals surface area (Å²) in [4.78, 5) is 80.3. The molecule has 2 heterocycles. The van der Waals surface area contributed by atoms with Crippen molar-refractivity contribution in [2.45, 2.75) is 74.6 Å². The molecule has 16 nitrogen and oxygen atoms in total. The summed E-state index contributed by atoms with van der Waals surface area (Å²) in [5.74, 6) is -9.01. The third-order valence-corrected chi connectivity index (χ3v) is 7.01. The van der Waals surface area contributed by atoms with Gasteiger partial charge in [0.25, 0.3) is 43.9 Å². The summed E-state index contributed by atoms with van der Waals surface area (Å²) in [6.07, 6.45) is -8.08. The van der Waals surface area contributed by atoms with Gasteiger partial charge in [-0.3, -0.25) is 28.3 Å². The molecule has 2 unspecified atom stereocenters. The molecule has 0 saturated carbocycles. The molecule has 36 heavy (non-hydrogen) atoms. The number of nitrogens with zero attached hydrogens (tertiary/aromatic N) is 2. The van der Waals surface area contributed by atoms with Gasteiger partial charge in [0.2, 0.25) is 0 Å². The molecule has 2 atom stereocenters. The number of amides is 4. The van der Waals surface area contributed by atoms with Gasteiger partial charge in [-0.1, -0.05) is 25.7 Å². The molecule has 2 fully saturated rings. The third-order valence-electron chi connectivity index (χ3n) is 4.83. The predicted octanol–water partition coefficient (Wildman–Crippen LogP) is -0.946. The number of hydrogen-bond acceptors (Lipinski definition) is 12. The molecular formula is C18H24N2O14S2. The van der Waals surface area contributed by atoms with Crippen LogP contribution >= 0.6 is 0 Å². The minimum atomic E-state index is -4.96. The highest BCUT2D eigenvalue weighted by Crippen LogP contribution is 2.21. The molecule has 0 aromatic rings. The SMILES string of the molecule is [2H]C([2H])(CCCCCCC([2H])([2H])C(=O)ON1C(=O)CC(S(=O)(=O)O)C1=O)C(=O)ON1C(=O)CC(S(=O)(=O)O)C1=O. The first-order chi connectivity index (χ1) is 18.1. The third kappa shape index (κ3) is 7.77. The van der Waals surface area contributed by atoms with Crippen LogP contribution in [0.4, 0.5) is 0 Å². The second-order valence-corrected chi connectivity index (χ2v) is 10.7. The van der Waals surface area contributed by atoms with Crippen molar-refractivity contribution < 1.29 is 69.9 Å². The zero-order valence-electron chi connectivity index (χ0n) is 22.3. The van der Waals surface area contributed by atoms with Crippen LogP contribution in [0.2, 0.25) is 0 Å². The van der Waals surface area contributed by atoms with Crippen LogP contribution in [0.3, 0.4) is 0 Å². The van der Waals surface area contributed by atoms with Gasteiger partial charge in [-0.25, -0.2) is 9.59 Å². The van der Waals surface area contributed by atoms with Gasteiger partial charge in [0.15, 0.2) is 10.5 Å². The topological polar surface area (TPSA) is 236 Å². The van der Waals surface area contributed by atoms with Gasteiger partial charge >= 0.3 is 11.9 Å². The second-order valence-electron chi connectivity index (χ2n) is 7.49. The monoisotopic (exact) mass is 560 g/mol. The lowest BCUT2D eigenvalue weighted by Crippen LogP contribution is -2.36. The van der Waals surface area contributed by atoms with Crippen molar-refractivity contribution in [1.82, 2.24) is 10.1 Å². The maximum absolute atomic E-state index is 12.1. The van der Waals surface area contributed by atoms with Crippen LogP contribution in [0.5, 0.6) is 0 Å². The molecule has 4 amide bonds. The first-order valence-electron chi connectivity index (χ1n) is 12.2. The highest BCUT2D eigenvalue weighted by molar-refractivity contribution is 7.87. The number of imide groups is 2. The lowest BCUT2D eigenvalue weighted by Gasteiger charge is -2.13. The Morgan fingerprint density at radius 1 is 0.722 bits per heavy atom. The highest BCUT2D eigenvalue weighted by atomic mass is 32.2. The molecule has 2 N–H and O–H groups in total. The number of hydroxylamine groups is 4. The first-order valence-corrected chi connectivity index (χ1v) is 13.2. The number of rotatable bonds is 13. The van der Waals surface area contributed by atoms with E-state index < -0.39 is 105 Å². The van der Waals surface area contributed by atoms with E-state index in [1.54, 1.807) is 0 Å². The maximum atomic E-state index is 12.1. The van der Waals surface area contributed by atoms with Gasteiger partial charge < -0.3 is 9.68 Å². The Hall–Kier alpha value is -2.96. The summed E-state index contributed by atoms with van der Waals surface area (Å²) in [6.45, 7) is 0. The summed E-state index contributed by atoms with van der Waals surface area (Å²) >= 11 is 0. The van der Waals surface area contributed by atoms with Crippen LogP contribution in [0.25, 0.3) is 0 Å². The molecule has 2 aliphatic rings. The smallest absolute Gasteiger partial charge is 0.330 e. The second kappa shape index (κ2) is 11.8. The fourth-order valence-electron chi connectivity index (χ4n) is 3.04. The normalized spacial score (nSPS) is 23.3. The van der Waals surface area contributed by atoms with Crippen molar-refractivity contribution in [3.8, 4) is 0 Å². The minimum Gasteiger partial charge on any atom is -0.330 e. The molecule has 0 radical (unpaired) electrons. The Morgan fingerprint density at radius 2 is 1.03 bits per heavy atom. The van der Waals surface area contributed by atoms with Crippen LogP contribution < -0.4 is 0 Å². The van der Waals surface area contributed by atoms with E-state index in [0.717, 1.165) is 0 Å². The quantitative estimate of drug-likeness (QED) is 0.157. The summed E-state index contributed by atoms with van der Waals surface area (Å²) in [5.41, 5.74) is 0. The molecule has 0 bridgehead atoms. The minimum absolute atomic E-state index is 0.00110. The predicted molar refractivity (Wildman–Crippen MR) is 113 cm³/mol. The number of unbranched alkanes of at least 4 members (excludes halogenated alkanes) is 3. The van der Waals surface area contributed by atoms with Crippen molar-refractivity contribution in [1.29, 1.82) is 0 Å². The Morgan fingerprint density at radius 3 is 1.31 bits per heavy atom. The molecular weight excluding hydrogens is 532 g/mol. The van der Waals surface area contributed by atoms with E-state index in [1.807, 2.05) is 0 Å². The molecule has 2 saturated heterocycles. The van der Waals surface area contributed by atoms with Crippen molar-refractivity contribution in [2.24, 2.45) is 0 Å². The average molecular weight is 561 g/mol. The van der Waals surface area contributed by atoms with Crippen LogP contribution in [-0.4, -0.2) is 82.1 Å². The average Bonchev–Trinajstić information content (AvgIpc) is 3.26. The fourth-order valence-corrected chi connectivity index (χ4v) is 4.44. The highest BCUT2D eigenvalue weighted by Gasteiger charge is 2.49. The van der Waals surface area contributed by atoms with Crippen molar-refractivity contribution >= 4 is 55.8 Å². The molecule has 0 aliphatic carbocycles. The van der Waals surface area contributed by atoms with E-state index >= 15 is 0 Å². The van der Waals surface area contributed by atoms with Crippen molar-refractivity contribution in [3.05, 3.63) is 0 Å². The standard InChI is InChI=1S/C18H24N2O14S2/c21-13-9-11(35(27,28)29)17(25)19(13)33-15(23)7-5-3-1-2-4-6-8-16(24)34-20-14(22)10-12(18(20)26)36(30,31)32/h11-12H,1-10H2,(H,27,28,29)(H,30,31,32)/i7D2,8D2. The van der Waals surface area contributed by atoms with E-state index in [-0.39, 0.29) is 35.8 Å². The van der Waals surface area contributed by atoms with E-state index in [2.05, 4.69) is 9.68 Å². The van der Waals surface area contributed by atoms with Gasteiger partial charge in [-0.2, -0.15) is 16.8 Å². The van der Waals surface area contributed by atoms with Crippen molar-refractivity contribution in [3.63, 3.8) is 0 Å². The zero-order chi connectivity index (χ0) is 30.8. The summed E-state index contributed by atoms with van der Waals surface area (Å²) in [7, 11) is -9.93. The van der Waals surface area contributed by atoms with Crippen LogP contribution in [0.1, 0.15) is 69.6 Å². The van der Waals surface area contributed by atoms with Gasteiger partial charge in [-0.15, -0.1) is 10.1 Å². The lowest BCUT2D eigenvalue weighted by atomic mass is 10.1. The Kier molecular flexibility index (Phi) is 7.72. The Bertz CT molecular complexity index is 1220. The first kappa shape index (κ1) is 23.4. The Labute approximate surface area is 210 Å². The molecule has 0 spiro atoms. The number of carbonyl (C=O) groups is 6. The van der Waals surface area contributed by atoms with E-state index in [0.29, 0.717) is 0 Å². The Balaban J connectivity index is 1.78. The van der Waals surface area contributed by atoms with Gasteiger partial charge in [0.1, 0.15) is 0 Å². The molecule has 2 rings (SSSR count). The van der Waals surface area contributed by atoms with Crippen LogP contribution in [-0.2, 0) is 58.7 Å². The molecule has 0 aromatic carbocycles. The van der Waals surface area contributed by atoms with Crippen LogP contribution in [0.15, 0.2) is 0 Å².